The molecule has 0 unspecified atom stereocenters. The Morgan fingerprint density at radius 3 is 2.70 bits per heavy atom. The van der Waals surface area contributed by atoms with Gasteiger partial charge in [-0.2, -0.15) is 0 Å². The van der Waals surface area contributed by atoms with Gasteiger partial charge in [0.2, 0.25) is 0 Å². The highest BCUT2D eigenvalue weighted by Gasteiger charge is 2.32. The molecular weight excluding hydrogens is 258 g/mol. The quantitative estimate of drug-likeness (QED) is 0.681. The summed E-state index contributed by atoms with van der Waals surface area (Å²) in [6, 6.07) is 1.57. The summed E-state index contributed by atoms with van der Waals surface area (Å²) >= 11 is 0. The summed E-state index contributed by atoms with van der Waals surface area (Å²) in [4.78, 5) is 24.1. The molecule has 2 rings (SSSR count). The first kappa shape index (κ1) is 14.6. The number of carbonyl (C=O) groups is 2. The van der Waals surface area contributed by atoms with Gasteiger partial charge in [-0.05, 0) is 25.8 Å². The molecule has 0 saturated heterocycles. The van der Waals surface area contributed by atoms with Crippen molar-refractivity contribution in [2.45, 2.75) is 45.1 Å². The van der Waals surface area contributed by atoms with Crippen LogP contribution in [0.2, 0.25) is 0 Å². The molecule has 1 N–H and O–H groups in total. The number of carbonyl (C=O) groups excluding carboxylic acids is 2. The fourth-order valence-electron chi connectivity index (χ4n) is 2.75. The first-order valence-electron chi connectivity index (χ1n) is 7.06. The lowest BCUT2D eigenvalue weighted by Crippen LogP contribution is -2.43. The first-order valence-corrected chi connectivity index (χ1v) is 7.06. The number of esters is 1. The van der Waals surface area contributed by atoms with Crippen molar-refractivity contribution >= 4 is 11.9 Å². The maximum absolute atomic E-state index is 12.2. The number of aryl methyl sites for hydroxylation is 1. The Kier molecular flexibility index (Phi) is 4.82. The number of furan rings is 1. The van der Waals surface area contributed by atoms with E-state index < -0.39 is 0 Å². The summed E-state index contributed by atoms with van der Waals surface area (Å²) in [6.07, 6.45) is 6.14. The van der Waals surface area contributed by atoms with Gasteiger partial charge in [0.05, 0.1) is 19.3 Å². The lowest BCUT2D eigenvalue weighted by atomic mass is 9.94. The Balaban J connectivity index is 2.09. The van der Waals surface area contributed by atoms with E-state index in [0.717, 1.165) is 37.7 Å². The van der Waals surface area contributed by atoms with Gasteiger partial charge >= 0.3 is 5.97 Å². The molecule has 1 aromatic heterocycles. The molecule has 1 aliphatic carbocycles. The second-order valence-corrected chi connectivity index (χ2v) is 5.28. The maximum atomic E-state index is 12.2. The lowest BCUT2D eigenvalue weighted by molar-refractivity contribution is -0.146. The topological polar surface area (TPSA) is 68.5 Å². The summed E-state index contributed by atoms with van der Waals surface area (Å²) in [5, 5.41) is 2.93. The third kappa shape index (κ3) is 3.21. The normalized spacial score (nSPS) is 22.9. The van der Waals surface area contributed by atoms with E-state index in [1.54, 1.807) is 6.07 Å². The summed E-state index contributed by atoms with van der Waals surface area (Å²) < 4.78 is 10.1. The van der Waals surface area contributed by atoms with Crippen molar-refractivity contribution in [3.8, 4) is 0 Å². The van der Waals surface area contributed by atoms with Crippen LogP contribution in [0.25, 0.3) is 0 Å². The predicted molar refractivity (Wildman–Crippen MR) is 73.3 cm³/mol. The van der Waals surface area contributed by atoms with Crippen molar-refractivity contribution in [2.24, 2.45) is 5.92 Å². The van der Waals surface area contributed by atoms with E-state index in [1.165, 1.54) is 13.4 Å². The number of hydrogen-bond acceptors (Lipinski definition) is 4. The average molecular weight is 279 g/mol. The molecule has 1 heterocycles. The predicted octanol–water partition coefficient (Wildman–Crippen LogP) is 2.44. The van der Waals surface area contributed by atoms with E-state index in [1.807, 2.05) is 6.92 Å². The lowest BCUT2D eigenvalue weighted by Gasteiger charge is -2.23. The van der Waals surface area contributed by atoms with Gasteiger partial charge in [0.15, 0.2) is 5.76 Å². The Bertz CT molecular complexity index is 480. The van der Waals surface area contributed by atoms with Gasteiger partial charge in [-0.25, -0.2) is 0 Å². The molecule has 0 aliphatic heterocycles. The smallest absolute Gasteiger partial charge is 0.310 e. The average Bonchev–Trinajstić information content (AvgIpc) is 2.74. The van der Waals surface area contributed by atoms with Gasteiger partial charge < -0.3 is 14.5 Å². The SMILES string of the molecule is COC(=O)[C@H]1CCCCC[C@@H]1NC(=O)c1occc1C. The molecule has 1 aromatic rings. The van der Waals surface area contributed by atoms with E-state index in [-0.39, 0.29) is 23.8 Å². The Labute approximate surface area is 118 Å². The standard InChI is InChI=1S/C15H21NO4/c1-10-8-9-20-13(10)14(17)16-12-7-5-3-4-6-11(12)15(18)19-2/h8-9,11-12H,3-7H2,1-2H3,(H,16,17)/t11-,12-/m0/s1. The van der Waals surface area contributed by atoms with Gasteiger partial charge in [-0.15, -0.1) is 0 Å². The maximum Gasteiger partial charge on any atom is 0.310 e. The molecule has 1 amide bonds. The fraction of sp³-hybridized carbons (Fsp3) is 0.600. The van der Waals surface area contributed by atoms with Crippen LogP contribution >= 0.6 is 0 Å². The Morgan fingerprint density at radius 2 is 2.05 bits per heavy atom. The number of ether oxygens (including phenoxy) is 1. The second kappa shape index (κ2) is 6.59. The molecule has 0 aromatic carbocycles. The van der Waals surface area contributed by atoms with E-state index >= 15 is 0 Å². The van der Waals surface area contributed by atoms with Gasteiger partial charge in [0, 0.05) is 11.6 Å². The third-order valence-electron chi connectivity index (χ3n) is 3.90. The molecule has 110 valence electrons. The Hall–Kier alpha value is -1.78. The van der Waals surface area contributed by atoms with Crippen molar-refractivity contribution < 1.29 is 18.7 Å². The minimum absolute atomic E-state index is 0.179. The largest absolute Gasteiger partial charge is 0.469 e. The summed E-state index contributed by atoms with van der Waals surface area (Å²) in [6.45, 7) is 1.82. The molecule has 2 atom stereocenters. The van der Waals surface area contributed by atoms with Gasteiger partial charge in [0.1, 0.15) is 0 Å². The van der Waals surface area contributed by atoms with Crippen LogP contribution in [0.1, 0.15) is 48.2 Å². The van der Waals surface area contributed by atoms with Crippen LogP contribution in [0.5, 0.6) is 0 Å². The molecule has 0 spiro atoms. The number of hydrogen-bond donors (Lipinski definition) is 1. The highest BCUT2D eigenvalue weighted by Crippen LogP contribution is 2.25. The van der Waals surface area contributed by atoms with Crippen LogP contribution in [0.4, 0.5) is 0 Å². The van der Waals surface area contributed by atoms with Crippen LogP contribution in [0.3, 0.4) is 0 Å². The monoisotopic (exact) mass is 279 g/mol. The summed E-state index contributed by atoms with van der Waals surface area (Å²) in [7, 11) is 1.39. The molecule has 5 heteroatoms. The van der Waals surface area contributed by atoms with Crippen molar-refractivity contribution in [3.63, 3.8) is 0 Å². The summed E-state index contributed by atoms with van der Waals surface area (Å²) in [5.41, 5.74) is 0.797. The van der Waals surface area contributed by atoms with E-state index in [9.17, 15) is 9.59 Å². The van der Waals surface area contributed by atoms with Crippen molar-refractivity contribution in [1.82, 2.24) is 5.32 Å². The highest BCUT2D eigenvalue weighted by atomic mass is 16.5. The third-order valence-corrected chi connectivity index (χ3v) is 3.90. The minimum Gasteiger partial charge on any atom is -0.469 e. The van der Waals surface area contributed by atoms with Crippen LogP contribution in [-0.4, -0.2) is 25.0 Å². The van der Waals surface area contributed by atoms with Crippen LogP contribution in [0.15, 0.2) is 16.7 Å². The van der Waals surface area contributed by atoms with Crippen molar-refractivity contribution in [3.05, 3.63) is 23.7 Å². The minimum atomic E-state index is -0.262. The van der Waals surface area contributed by atoms with Crippen molar-refractivity contribution in [2.75, 3.05) is 7.11 Å². The van der Waals surface area contributed by atoms with Gasteiger partial charge in [-0.1, -0.05) is 19.3 Å². The number of methoxy groups -OCH3 is 1. The van der Waals surface area contributed by atoms with Crippen LogP contribution < -0.4 is 5.32 Å². The Morgan fingerprint density at radius 1 is 1.30 bits per heavy atom. The highest BCUT2D eigenvalue weighted by molar-refractivity contribution is 5.93. The van der Waals surface area contributed by atoms with Crippen molar-refractivity contribution in [1.29, 1.82) is 0 Å². The number of amides is 1. The fourth-order valence-corrected chi connectivity index (χ4v) is 2.75. The zero-order valence-electron chi connectivity index (χ0n) is 12.0. The van der Waals surface area contributed by atoms with Gasteiger partial charge in [-0.3, -0.25) is 9.59 Å². The molecule has 0 bridgehead atoms. The molecule has 1 saturated carbocycles. The van der Waals surface area contributed by atoms with E-state index in [0.29, 0.717) is 5.76 Å². The molecule has 1 aliphatic rings. The van der Waals surface area contributed by atoms with Gasteiger partial charge in [0.25, 0.3) is 5.91 Å². The van der Waals surface area contributed by atoms with Crippen LogP contribution in [-0.2, 0) is 9.53 Å². The second-order valence-electron chi connectivity index (χ2n) is 5.28. The van der Waals surface area contributed by atoms with E-state index in [4.69, 9.17) is 9.15 Å². The number of nitrogens with one attached hydrogen (secondary N) is 1. The number of rotatable bonds is 3. The molecule has 0 radical (unpaired) electrons. The first-order chi connectivity index (χ1) is 9.63. The van der Waals surface area contributed by atoms with E-state index in [2.05, 4.69) is 5.32 Å². The molecule has 5 nitrogen and oxygen atoms in total. The summed E-state index contributed by atoms with van der Waals surface area (Å²) in [5.74, 6) is -0.443. The molecular formula is C15H21NO4. The zero-order valence-corrected chi connectivity index (χ0v) is 12.0. The molecule has 1 fully saturated rings. The molecule has 20 heavy (non-hydrogen) atoms. The van der Waals surface area contributed by atoms with Crippen LogP contribution in [0, 0.1) is 12.8 Å². The zero-order chi connectivity index (χ0) is 14.5.